The lowest BCUT2D eigenvalue weighted by Crippen LogP contribution is -2.38. The lowest BCUT2D eigenvalue weighted by atomic mass is 10.2. The molecular weight excluding hydrogens is 461 g/mol. The van der Waals surface area contributed by atoms with E-state index in [1.54, 1.807) is 21.3 Å². The molecule has 1 aromatic carbocycles. The molecule has 0 aliphatic heterocycles. The van der Waals surface area contributed by atoms with Crippen LogP contribution in [0.2, 0.25) is 0 Å². The molecule has 0 spiro atoms. The number of benzene rings is 1. The van der Waals surface area contributed by atoms with Crippen LogP contribution in [-0.4, -0.2) is 33.3 Å². The number of halogens is 2. The molecule has 2 rings (SSSR count). The number of aliphatic imine (C=N–C) groups is 1. The predicted octanol–water partition coefficient (Wildman–Crippen LogP) is 3.16. The van der Waals surface area contributed by atoms with Crippen molar-refractivity contribution in [3.8, 4) is 11.5 Å². The molecule has 5 nitrogen and oxygen atoms in total. The number of nitrogens with one attached hydrogen (secondary N) is 2. The second-order valence-electron chi connectivity index (χ2n) is 5.20. The summed E-state index contributed by atoms with van der Waals surface area (Å²) in [6, 6.07) is 4.53. The normalized spacial score (nSPS) is 20.0. The molecular formula is C15H23BrIN3O2. The second-order valence-corrected chi connectivity index (χ2v) is 6.06. The number of hydrogen-bond acceptors (Lipinski definition) is 3. The molecule has 1 aromatic rings. The Labute approximate surface area is 157 Å². The Morgan fingerprint density at radius 1 is 1.36 bits per heavy atom. The number of rotatable bonds is 5. The van der Waals surface area contributed by atoms with E-state index < -0.39 is 0 Å². The van der Waals surface area contributed by atoms with Crippen LogP contribution in [0.25, 0.3) is 0 Å². The zero-order valence-electron chi connectivity index (χ0n) is 13.3. The molecule has 1 aliphatic rings. The monoisotopic (exact) mass is 483 g/mol. The Bertz CT molecular complexity index is 540. The molecule has 0 amide bonds. The Hall–Kier alpha value is -0.700. The number of methoxy groups -OCH3 is 2. The van der Waals surface area contributed by atoms with Crippen LogP contribution >= 0.6 is 39.9 Å². The molecule has 2 atom stereocenters. The zero-order valence-corrected chi connectivity index (χ0v) is 17.2. The summed E-state index contributed by atoms with van der Waals surface area (Å²) in [5.74, 6) is 2.98. The maximum atomic E-state index is 5.35. The van der Waals surface area contributed by atoms with Crippen LogP contribution in [0.3, 0.4) is 0 Å². The predicted molar refractivity (Wildman–Crippen MR) is 104 cm³/mol. The molecule has 1 aliphatic carbocycles. The minimum absolute atomic E-state index is 0. The third-order valence-electron chi connectivity index (χ3n) is 3.61. The molecule has 2 N–H and O–H groups in total. The van der Waals surface area contributed by atoms with E-state index in [-0.39, 0.29) is 24.0 Å². The molecule has 7 heteroatoms. The van der Waals surface area contributed by atoms with Gasteiger partial charge in [0.05, 0.1) is 18.7 Å². The second kappa shape index (κ2) is 8.81. The first-order chi connectivity index (χ1) is 10.1. The van der Waals surface area contributed by atoms with Gasteiger partial charge in [-0.2, -0.15) is 0 Å². The molecule has 0 bridgehead atoms. The van der Waals surface area contributed by atoms with Gasteiger partial charge >= 0.3 is 0 Å². The Kier molecular flexibility index (Phi) is 7.75. The lowest BCUT2D eigenvalue weighted by Gasteiger charge is -2.14. The largest absolute Gasteiger partial charge is 0.493 e. The third-order valence-corrected chi connectivity index (χ3v) is 4.20. The van der Waals surface area contributed by atoms with Crippen LogP contribution in [0.1, 0.15) is 18.9 Å². The summed E-state index contributed by atoms with van der Waals surface area (Å²) in [4.78, 5) is 4.24. The van der Waals surface area contributed by atoms with E-state index in [2.05, 4.69) is 38.5 Å². The van der Waals surface area contributed by atoms with Gasteiger partial charge in [0.25, 0.3) is 0 Å². The topological polar surface area (TPSA) is 54.9 Å². The molecule has 22 heavy (non-hydrogen) atoms. The SMILES string of the molecule is CN=C(NCc1cc(Br)c(OC)c(OC)c1)NC1CC1C.I. The zero-order chi connectivity index (χ0) is 15.4. The van der Waals surface area contributed by atoms with Crippen molar-refractivity contribution in [3.05, 3.63) is 22.2 Å². The fraction of sp³-hybridized carbons (Fsp3) is 0.533. The quantitative estimate of drug-likeness (QED) is 0.383. The molecule has 1 saturated carbocycles. The van der Waals surface area contributed by atoms with Crippen molar-refractivity contribution < 1.29 is 9.47 Å². The molecule has 1 fully saturated rings. The summed E-state index contributed by atoms with van der Waals surface area (Å²) in [6.07, 6.45) is 1.21. The lowest BCUT2D eigenvalue weighted by molar-refractivity contribution is 0.352. The van der Waals surface area contributed by atoms with E-state index in [4.69, 9.17) is 9.47 Å². The molecule has 0 aromatic heterocycles. The van der Waals surface area contributed by atoms with Gasteiger partial charge in [0.15, 0.2) is 17.5 Å². The van der Waals surface area contributed by atoms with Crippen molar-refractivity contribution in [1.82, 2.24) is 10.6 Å². The standard InChI is InChI=1S/C15H22BrN3O2.HI/c1-9-5-12(9)19-15(17-2)18-8-10-6-11(16)14(21-4)13(7-10)20-3;/h6-7,9,12H,5,8H2,1-4H3,(H2,17,18,19);1H. The van der Waals surface area contributed by atoms with Crippen LogP contribution in [0.5, 0.6) is 11.5 Å². The number of guanidine groups is 1. The van der Waals surface area contributed by atoms with E-state index >= 15 is 0 Å². The van der Waals surface area contributed by atoms with E-state index in [9.17, 15) is 0 Å². The van der Waals surface area contributed by atoms with Crippen molar-refractivity contribution >= 4 is 45.9 Å². The average molecular weight is 484 g/mol. The molecule has 2 unspecified atom stereocenters. The smallest absolute Gasteiger partial charge is 0.191 e. The van der Waals surface area contributed by atoms with Crippen molar-refractivity contribution in [1.29, 1.82) is 0 Å². The van der Waals surface area contributed by atoms with Crippen LogP contribution < -0.4 is 20.1 Å². The summed E-state index contributed by atoms with van der Waals surface area (Å²) < 4.78 is 11.5. The van der Waals surface area contributed by atoms with Crippen molar-refractivity contribution in [3.63, 3.8) is 0 Å². The van der Waals surface area contributed by atoms with Gasteiger partial charge in [-0.15, -0.1) is 24.0 Å². The number of hydrogen-bond donors (Lipinski definition) is 2. The minimum atomic E-state index is 0. The van der Waals surface area contributed by atoms with Crippen LogP contribution in [0, 0.1) is 5.92 Å². The summed E-state index contributed by atoms with van der Waals surface area (Å²) >= 11 is 3.50. The fourth-order valence-corrected chi connectivity index (χ4v) is 2.80. The van der Waals surface area contributed by atoms with Gasteiger partial charge in [-0.25, -0.2) is 0 Å². The highest BCUT2D eigenvalue weighted by molar-refractivity contribution is 14.0. The first-order valence-corrected chi connectivity index (χ1v) is 7.76. The van der Waals surface area contributed by atoms with Crippen LogP contribution in [0.4, 0.5) is 0 Å². The number of ether oxygens (including phenoxy) is 2. The maximum Gasteiger partial charge on any atom is 0.191 e. The third kappa shape index (κ3) is 4.91. The van der Waals surface area contributed by atoms with E-state index in [0.29, 0.717) is 24.1 Å². The maximum absolute atomic E-state index is 5.35. The van der Waals surface area contributed by atoms with E-state index in [1.807, 2.05) is 12.1 Å². The van der Waals surface area contributed by atoms with E-state index in [1.165, 1.54) is 6.42 Å². The highest BCUT2D eigenvalue weighted by Gasteiger charge is 2.33. The minimum Gasteiger partial charge on any atom is -0.493 e. The Morgan fingerprint density at radius 2 is 2.05 bits per heavy atom. The van der Waals surface area contributed by atoms with Crippen molar-refractivity contribution in [2.45, 2.75) is 25.9 Å². The Balaban J connectivity index is 0.00000242. The highest BCUT2D eigenvalue weighted by Crippen LogP contribution is 2.36. The first-order valence-electron chi connectivity index (χ1n) is 6.96. The van der Waals surface area contributed by atoms with Gasteiger partial charge in [0.1, 0.15) is 0 Å². The molecule has 0 heterocycles. The van der Waals surface area contributed by atoms with Crippen LogP contribution in [-0.2, 0) is 6.54 Å². The molecule has 124 valence electrons. The summed E-state index contributed by atoms with van der Waals surface area (Å²) in [6.45, 7) is 2.90. The van der Waals surface area contributed by atoms with Gasteiger partial charge in [-0.1, -0.05) is 6.92 Å². The first kappa shape index (κ1) is 19.3. The average Bonchev–Trinajstić information content (AvgIpc) is 3.17. The Morgan fingerprint density at radius 3 is 2.55 bits per heavy atom. The molecule has 0 saturated heterocycles. The van der Waals surface area contributed by atoms with Crippen molar-refractivity contribution in [2.75, 3.05) is 21.3 Å². The van der Waals surface area contributed by atoms with Crippen LogP contribution in [0.15, 0.2) is 21.6 Å². The van der Waals surface area contributed by atoms with Gasteiger partial charge in [-0.3, -0.25) is 4.99 Å². The van der Waals surface area contributed by atoms with Gasteiger partial charge in [-0.05, 0) is 46.0 Å². The van der Waals surface area contributed by atoms with Gasteiger partial charge in [0.2, 0.25) is 0 Å². The van der Waals surface area contributed by atoms with Crippen molar-refractivity contribution in [2.24, 2.45) is 10.9 Å². The fourth-order valence-electron chi connectivity index (χ4n) is 2.15. The molecule has 0 radical (unpaired) electrons. The summed E-state index contributed by atoms with van der Waals surface area (Å²) in [7, 11) is 5.05. The summed E-state index contributed by atoms with van der Waals surface area (Å²) in [5.41, 5.74) is 1.09. The van der Waals surface area contributed by atoms with E-state index in [0.717, 1.165) is 21.9 Å². The summed E-state index contributed by atoms with van der Waals surface area (Å²) in [5, 5.41) is 6.71. The number of nitrogens with zero attached hydrogens (tertiary/aromatic N) is 1. The van der Waals surface area contributed by atoms with Gasteiger partial charge in [0, 0.05) is 19.6 Å². The van der Waals surface area contributed by atoms with Gasteiger partial charge < -0.3 is 20.1 Å². The highest BCUT2D eigenvalue weighted by atomic mass is 127.